The zero-order valence-electron chi connectivity index (χ0n) is 55.1. The van der Waals surface area contributed by atoms with E-state index in [1.807, 2.05) is 44.6 Å². The molecule has 0 aliphatic carbocycles. The molecule has 0 saturated heterocycles. The maximum absolute atomic E-state index is 14.8. The van der Waals surface area contributed by atoms with Gasteiger partial charge in [0.1, 0.15) is 54.1 Å². The van der Waals surface area contributed by atoms with Gasteiger partial charge in [0.2, 0.25) is 65.5 Å². The molecule has 0 saturated carbocycles. The number of carbonyl (C=O) groups is 12. The molecule has 520 valence electrons. The normalized spacial score (nSPS) is 14.0. The van der Waals surface area contributed by atoms with Crippen LogP contribution < -0.4 is 64.6 Å². The molecule has 4 rings (SSSR count). The number of nitrogens with two attached hydrogens (primary N) is 2. The molecule has 0 bridgehead atoms. The number of nitrogens with one attached hydrogen (secondary N) is 11. The Balaban J connectivity index is 1.60. The van der Waals surface area contributed by atoms with E-state index in [2.05, 4.69) is 58.2 Å². The number of ketones is 1. The van der Waals surface area contributed by atoms with Gasteiger partial charge in [0.05, 0.1) is 19.0 Å². The number of thioether (sulfide) groups is 3. The van der Waals surface area contributed by atoms with Gasteiger partial charge in [-0.2, -0.15) is 35.3 Å². The molecular formula is C66H95N13O13S3. The fraction of sp³-hybridized carbons (Fsp3) is 0.515. The molecular weight excluding hydrogens is 1280 g/mol. The summed E-state index contributed by atoms with van der Waals surface area (Å²) in [6.45, 7) is 6.60. The Morgan fingerprint density at radius 1 is 0.526 bits per heavy atom. The standard InChI is InChI=1S/C66H95N13O13S3/c1-39(2)31-52(77-60(86)48(71-38-80)25-29-94-6)63(89)76-51(32-41-15-9-8-10-16-41)55(82)35-56(83)70-37-57(84)72-54(34-43-36-69-46-18-12-11-17-45(43)46)65(91)74-49(19-13-14-27-67)61(87)78-53(33-42-20-22-44(81)23-21-42)64(90)75-50(26-30-95-7)62(88)79-58(40(3)4)66(92)73-47(59(68)85)24-28-93-5/h8-12,15-18,20-23,36,38-40,47-54,58,69,81H,13-14,19,24-35,37,67H2,1-7H3,(H2,68,85)(H,70,83)(H,71,80)(H,72,84)(H,73,92)(H,74,91)(H,75,90)(H,76,89)(H,77,86)(H,78,87)(H,79,88)/t47-,48-,49-,50-,51-,52-,53-,54-,58-/m0/s1. The molecule has 11 amide bonds. The van der Waals surface area contributed by atoms with Crippen LogP contribution in [-0.2, 0) is 76.8 Å². The lowest BCUT2D eigenvalue weighted by atomic mass is 9.98. The number of carbonyl (C=O) groups excluding carboxylic acids is 12. The molecule has 29 heteroatoms. The molecule has 95 heavy (non-hydrogen) atoms. The van der Waals surface area contributed by atoms with Gasteiger partial charge in [0, 0.05) is 29.9 Å². The molecule has 3 aromatic carbocycles. The summed E-state index contributed by atoms with van der Waals surface area (Å²) in [7, 11) is 0. The maximum Gasteiger partial charge on any atom is 0.243 e. The highest BCUT2D eigenvalue weighted by atomic mass is 32.2. The average molecular weight is 1370 g/mol. The molecule has 0 aliphatic rings. The Morgan fingerprint density at radius 3 is 1.62 bits per heavy atom. The van der Waals surface area contributed by atoms with Crippen molar-refractivity contribution in [3.8, 4) is 5.75 Å². The number of para-hydroxylation sites is 1. The minimum Gasteiger partial charge on any atom is -0.508 e. The number of H-pyrrole nitrogens is 1. The Hall–Kier alpha value is -8.15. The highest BCUT2D eigenvalue weighted by molar-refractivity contribution is 7.99. The Kier molecular flexibility index (Phi) is 35.3. The van der Waals surface area contributed by atoms with Gasteiger partial charge in [-0.05, 0) is 141 Å². The van der Waals surface area contributed by atoms with Crippen LogP contribution in [0.3, 0.4) is 0 Å². The van der Waals surface area contributed by atoms with Gasteiger partial charge in [0.25, 0.3) is 0 Å². The summed E-state index contributed by atoms with van der Waals surface area (Å²) in [6.07, 6.45) is 8.00. The predicted molar refractivity (Wildman–Crippen MR) is 370 cm³/mol. The van der Waals surface area contributed by atoms with E-state index in [0.717, 1.165) is 10.9 Å². The van der Waals surface area contributed by atoms with Crippen molar-refractivity contribution in [1.29, 1.82) is 0 Å². The Labute approximate surface area is 568 Å². The van der Waals surface area contributed by atoms with E-state index < -0.39 is 138 Å². The van der Waals surface area contributed by atoms with Crippen LogP contribution in [0.5, 0.6) is 5.75 Å². The number of amides is 11. The zero-order chi connectivity index (χ0) is 70.0. The summed E-state index contributed by atoms with van der Waals surface area (Å²) in [5.74, 6) is -7.50. The van der Waals surface area contributed by atoms with Crippen LogP contribution in [0.15, 0.2) is 85.1 Å². The summed E-state index contributed by atoms with van der Waals surface area (Å²) in [5, 5.41) is 37.7. The largest absolute Gasteiger partial charge is 0.508 e. The van der Waals surface area contributed by atoms with Crippen LogP contribution in [0.2, 0.25) is 0 Å². The molecule has 0 radical (unpaired) electrons. The average Bonchev–Trinajstić information content (AvgIpc) is 1.74. The number of aromatic nitrogens is 1. The minimum atomic E-state index is -1.42. The number of aromatic hydroxyl groups is 1. The zero-order valence-corrected chi connectivity index (χ0v) is 57.5. The van der Waals surface area contributed by atoms with Crippen molar-refractivity contribution in [2.75, 3.05) is 49.1 Å². The van der Waals surface area contributed by atoms with Gasteiger partial charge in [-0.25, -0.2) is 0 Å². The van der Waals surface area contributed by atoms with Crippen molar-refractivity contribution in [2.24, 2.45) is 23.3 Å². The molecule has 0 unspecified atom stereocenters. The van der Waals surface area contributed by atoms with E-state index in [-0.39, 0.29) is 63.2 Å². The van der Waals surface area contributed by atoms with Crippen LogP contribution >= 0.6 is 35.3 Å². The first-order valence-corrected chi connectivity index (χ1v) is 35.8. The maximum atomic E-state index is 14.8. The van der Waals surface area contributed by atoms with E-state index in [4.69, 9.17) is 11.5 Å². The van der Waals surface area contributed by atoms with Crippen LogP contribution in [0, 0.1) is 11.8 Å². The molecule has 26 nitrogen and oxygen atoms in total. The number of benzene rings is 3. The van der Waals surface area contributed by atoms with E-state index in [1.54, 1.807) is 74.8 Å². The number of aromatic amines is 1. The third-order valence-corrected chi connectivity index (χ3v) is 17.3. The first kappa shape index (κ1) is 79.3. The summed E-state index contributed by atoms with van der Waals surface area (Å²) in [6, 6.07) is 10.9. The number of Topliss-reactive ketones (excluding diaryl/α,β-unsaturated/α-hetero) is 1. The number of unbranched alkanes of at least 4 members (excludes halogenated alkanes) is 1. The predicted octanol–water partition coefficient (Wildman–Crippen LogP) is 1.55. The van der Waals surface area contributed by atoms with Crippen molar-refractivity contribution in [1.82, 2.24) is 58.2 Å². The van der Waals surface area contributed by atoms with Crippen molar-refractivity contribution < 1.29 is 62.6 Å². The number of rotatable bonds is 45. The lowest BCUT2D eigenvalue weighted by Crippen LogP contribution is -2.60. The second-order valence-corrected chi connectivity index (χ2v) is 26.7. The summed E-state index contributed by atoms with van der Waals surface area (Å²) < 4.78 is 0. The van der Waals surface area contributed by atoms with Crippen molar-refractivity contribution in [2.45, 2.75) is 153 Å². The second kappa shape index (κ2) is 42.3. The summed E-state index contributed by atoms with van der Waals surface area (Å²) >= 11 is 4.33. The fourth-order valence-corrected chi connectivity index (χ4v) is 11.6. The quantitative estimate of drug-likeness (QED) is 0.0170. The van der Waals surface area contributed by atoms with Gasteiger partial charge in [-0.1, -0.05) is 88.4 Å². The Bertz CT molecular complexity index is 3180. The van der Waals surface area contributed by atoms with Crippen molar-refractivity contribution in [3.05, 3.63) is 102 Å². The van der Waals surface area contributed by atoms with E-state index >= 15 is 0 Å². The molecule has 16 N–H and O–H groups in total. The van der Waals surface area contributed by atoms with Gasteiger partial charge < -0.3 is 74.7 Å². The van der Waals surface area contributed by atoms with Crippen LogP contribution in [0.1, 0.15) is 95.8 Å². The van der Waals surface area contributed by atoms with Gasteiger partial charge in [-0.3, -0.25) is 57.5 Å². The monoisotopic (exact) mass is 1370 g/mol. The molecule has 0 spiro atoms. The molecule has 4 aromatic rings. The third kappa shape index (κ3) is 28.0. The number of hydrogen-bond acceptors (Lipinski definition) is 17. The van der Waals surface area contributed by atoms with E-state index in [9.17, 15) is 62.6 Å². The minimum absolute atomic E-state index is 0.00189. The summed E-state index contributed by atoms with van der Waals surface area (Å²) in [5.41, 5.74) is 13.9. The van der Waals surface area contributed by atoms with Crippen LogP contribution in [0.4, 0.5) is 0 Å². The molecule has 0 fully saturated rings. The highest BCUT2D eigenvalue weighted by Gasteiger charge is 2.36. The number of phenols is 1. The first-order valence-electron chi connectivity index (χ1n) is 31.7. The Morgan fingerprint density at radius 2 is 1.02 bits per heavy atom. The molecule has 1 heterocycles. The molecule has 1 aromatic heterocycles. The second-order valence-electron chi connectivity index (χ2n) is 23.8. The first-order chi connectivity index (χ1) is 45.4. The van der Waals surface area contributed by atoms with Crippen molar-refractivity contribution >= 4 is 117 Å². The van der Waals surface area contributed by atoms with Crippen LogP contribution in [-0.4, -0.2) is 185 Å². The smallest absolute Gasteiger partial charge is 0.243 e. The van der Waals surface area contributed by atoms with Crippen molar-refractivity contribution in [3.63, 3.8) is 0 Å². The lowest BCUT2D eigenvalue weighted by molar-refractivity contribution is -0.136. The van der Waals surface area contributed by atoms with Gasteiger partial charge in [-0.15, -0.1) is 0 Å². The lowest BCUT2D eigenvalue weighted by Gasteiger charge is -2.28. The topological polar surface area (TPSA) is 413 Å². The number of hydrogen-bond donors (Lipinski definition) is 14. The van der Waals surface area contributed by atoms with E-state index in [1.165, 1.54) is 47.4 Å². The fourth-order valence-electron chi connectivity index (χ4n) is 10.2. The number of fused-ring (bicyclic) bond motifs is 1. The highest BCUT2D eigenvalue weighted by Crippen LogP contribution is 2.21. The number of phenolic OH excluding ortho intramolecular Hbond substituents is 1. The van der Waals surface area contributed by atoms with Crippen LogP contribution in [0.25, 0.3) is 10.9 Å². The number of primary amides is 1. The van der Waals surface area contributed by atoms with E-state index in [0.29, 0.717) is 59.6 Å². The molecule has 0 aliphatic heterocycles. The van der Waals surface area contributed by atoms with Gasteiger partial charge >= 0.3 is 0 Å². The van der Waals surface area contributed by atoms with Gasteiger partial charge in [0.15, 0.2) is 5.78 Å². The SMILES string of the molecule is CSCC[C@H](NC(=O)[C@@H](NC(=O)[C@H](CCSC)NC(=O)[C@H](Cc1ccc(O)cc1)NC(=O)[C@H](CCCCN)NC(=O)[C@H](Cc1c[nH]c2ccccc12)NC(=O)CNC(=O)CC(=O)[C@H](Cc1ccccc1)NC(=O)[C@H](CC(C)C)NC(=O)[C@H](CCSC)NC=O)C(C)C)C(N)=O. The molecule has 9 atom stereocenters. The third-order valence-electron chi connectivity index (χ3n) is 15.4. The summed E-state index contributed by atoms with van der Waals surface area (Å²) in [4.78, 5) is 168.